The second-order valence-electron chi connectivity index (χ2n) is 10.5. The van der Waals surface area contributed by atoms with Crippen LogP contribution < -0.4 is 5.32 Å². The number of amides is 1. The Bertz CT molecular complexity index is 1260. The number of hydrogen-bond donors (Lipinski definition) is 1. The number of benzene rings is 2. The van der Waals surface area contributed by atoms with Crippen LogP contribution in [0.1, 0.15) is 80.7 Å². The Morgan fingerprint density at radius 1 is 1.05 bits per heavy atom. The molecule has 0 spiro atoms. The van der Waals surface area contributed by atoms with Crippen molar-refractivity contribution in [3.8, 4) is 0 Å². The summed E-state index contributed by atoms with van der Waals surface area (Å²) in [5, 5.41) is 3.13. The molecular formula is C29H38F3N3O3S. The van der Waals surface area contributed by atoms with Gasteiger partial charge in [-0.3, -0.25) is 9.69 Å². The van der Waals surface area contributed by atoms with Gasteiger partial charge in [-0.15, -0.1) is 0 Å². The highest BCUT2D eigenvalue weighted by Crippen LogP contribution is 2.34. The minimum atomic E-state index is -4.64. The van der Waals surface area contributed by atoms with E-state index >= 15 is 0 Å². The molecule has 0 radical (unpaired) electrons. The molecule has 214 valence electrons. The number of halogens is 3. The fourth-order valence-corrected chi connectivity index (χ4v) is 7.49. The predicted molar refractivity (Wildman–Crippen MR) is 144 cm³/mol. The summed E-state index contributed by atoms with van der Waals surface area (Å²) in [7, 11) is -4.19. The molecule has 2 aromatic carbocycles. The van der Waals surface area contributed by atoms with Crippen LogP contribution in [0.2, 0.25) is 0 Å². The zero-order valence-corrected chi connectivity index (χ0v) is 23.5. The summed E-state index contributed by atoms with van der Waals surface area (Å²) in [6, 6.07) is 9.53. The Morgan fingerprint density at radius 2 is 1.82 bits per heavy atom. The minimum Gasteiger partial charge on any atom is -0.349 e. The summed E-state index contributed by atoms with van der Waals surface area (Å²) >= 11 is 0. The Kier molecular flexibility index (Phi) is 9.39. The lowest BCUT2D eigenvalue weighted by Gasteiger charge is -2.35. The molecule has 1 heterocycles. The highest BCUT2D eigenvalue weighted by molar-refractivity contribution is 7.89. The minimum absolute atomic E-state index is 0.0237. The average Bonchev–Trinajstić information content (AvgIpc) is 2.91. The number of aryl methyl sites for hydroxylation is 1. The molecule has 1 amide bonds. The first-order valence-corrected chi connectivity index (χ1v) is 15.3. The Hall–Kier alpha value is -2.43. The summed E-state index contributed by atoms with van der Waals surface area (Å²) in [4.78, 5) is 15.1. The van der Waals surface area contributed by atoms with Crippen molar-refractivity contribution in [2.45, 2.75) is 88.5 Å². The lowest BCUT2D eigenvalue weighted by atomic mass is 9.86. The van der Waals surface area contributed by atoms with Gasteiger partial charge in [0.05, 0.1) is 16.5 Å². The SMILES string of the molecule is CCN(CC)Cc1ccc2c(c1)CCCC2NC(=O)CC1CCCCN1S(=O)(=O)c1cccc(C(F)(F)F)c1. The number of piperidine rings is 1. The van der Waals surface area contributed by atoms with Crippen molar-refractivity contribution in [1.82, 2.24) is 14.5 Å². The van der Waals surface area contributed by atoms with Gasteiger partial charge in [0.2, 0.25) is 15.9 Å². The molecule has 0 bridgehead atoms. The van der Waals surface area contributed by atoms with E-state index in [1.54, 1.807) is 0 Å². The van der Waals surface area contributed by atoms with Gasteiger partial charge >= 0.3 is 6.18 Å². The van der Waals surface area contributed by atoms with Gasteiger partial charge in [0.25, 0.3) is 0 Å². The van der Waals surface area contributed by atoms with Gasteiger partial charge in [-0.1, -0.05) is 44.5 Å². The maximum Gasteiger partial charge on any atom is 0.416 e. The quantitative estimate of drug-likeness (QED) is 0.425. The van der Waals surface area contributed by atoms with Crippen LogP contribution in [-0.2, 0) is 34.0 Å². The summed E-state index contributed by atoms with van der Waals surface area (Å²) in [5.74, 6) is -0.240. The second-order valence-corrected chi connectivity index (χ2v) is 12.4. The second kappa shape index (κ2) is 12.4. The lowest BCUT2D eigenvalue weighted by Crippen LogP contribution is -2.46. The van der Waals surface area contributed by atoms with Gasteiger partial charge in [0.15, 0.2) is 0 Å². The van der Waals surface area contributed by atoms with Gasteiger partial charge in [0, 0.05) is 25.6 Å². The molecule has 1 aliphatic heterocycles. The van der Waals surface area contributed by atoms with Gasteiger partial charge in [0.1, 0.15) is 0 Å². The number of nitrogens with zero attached hydrogens (tertiary/aromatic N) is 2. The van der Waals surface area contributed by atoms with E-state index < -0.39 is 32.7 Å². The van der Waals surface area contributed by atoms with Crippen LogP contribution >= 0.6 is 0 Å². The first-order chi connectivity index (χ1) is 18.5. The third-order valence-corrected chi connectivity index (χ3v) is 9.87. The Labute approximate surface area is 229 Å². The first kappa shape index (κ1) is 29.6. The molecule has 1 aliphatic carbocycles. The molecule has 2 aliphatic rings. The normalized spacial score (nSPS) is 20.6. The number of sulfonamides is 1. The summed E-state index contributed by atoms with van der Waals surface area (Å²) in [6.45, 7) is 7.31. The zero-order chi connectivity index (χ0) is 28.2. The van der Waals surface area contributed by atoms with E-state index in [9.17, 15) is 26.4 Å². The van der Waals surface area contributed by atoms with Crippen LogP contribution in [0, 0.1) is 0 Å². The Balaban J connectivity index is 1.46. The zero-order valence-electron chi connectivity index (χ0n) is 22.6. The van der Waals surface area contributed by atoms with Crippen LogP contribution in [0.4, 0.5) is 13.2 Å². The van der Waals surface area contributed by atoms with Crippen LogP contribution in [0.5, 0.6) is 0 Å². The van der Waals surface area contributed by atoms with E-state index in [1.165, 1.54) is 21.5 Å². The number of hydrogen-bond acceptors (Lipinski definition) is 4. The van der Waals surface area contributed by atoms with Crippen molar-refractivity contribution >= 4 is 15.9 Å². The molecule has 6 nitrogen and oxygen atoms in total. The molecule has 0 aromatic heterocycles. The maximum atomic E-state index is 13.4. The molecule has 4 rings (SSSR count). The molecule has 2 unspecified atom stereocenters. The fourth-order valence-electron chi connectivity index (χ4n) is 5.75. The van der Waals surface area contributed by atoms with Crippen LogP contribution in [-0.4, -0.2) is 49.2 Å². The molecule has 1 saturated heterocycles. The third kappa shape index (κ3) is 7.02. The van der Waals surface area contributed by atoms with Gasteiger partial charge in [-0.05, 0) is 80.1 Å². The van der Waals surface area contributed by atoms with Crippen LogP contribution in [0.3, 0.4) is 0 Å². The fraction of sp³-hybridized carbons (Fsp3) is 0.552. The van der Waals surface area contributed by atoms with E-state index in [0.29, 0.717) is 18.9 Å². The van der Waals surface area contributed by atoms with Gasteiger partial charge < -0.3 is 5.32 Å². The molecule has 1 N–H and O–H groups in total. The van der Waals surface area contributed by atoms with Crippen LogP contribution in [0.15, 0.2) is 47.4 Å². The molecule has 0 saturated carbocycles. The maximum absolute atomic E-state index is 13.4. The highest BCUT2D eigenvalue weighted by Gasteiger charge is 2.37. The topological polar surface area (TPSA) is 69.7 Å². The van der Waals surface area contributed by atoms with E-state index in [0.717, 1.165) is 63.0 Å². The number of nitrogens with one attached hydrogen (secondary N) is 1. The number of carbonyl (C=O) groups excluding carboxylic acids is 1. The lowest BCUT2D eigenvalue weighted by molar-refractivity contribution is -0.137. The number of rotatable bonds is 9. The largest absolute Gasteiger partial charge is 0.416 e. The van der Waals surface area contributed by atoms with Crippen molar-refractivity contribution in [3.05, 3.63) is 64.7 Å². The number of fused-ring (bicyclic) bond motifs is 1. The summed E-state index contributed by atoms with van der Waals surface area (Å²) in [6.07, 6.45) is -0.103. The molecule has 1 fully saturated rings. The van der Waals surface area contributed by atoms with E-state index in [2.05, 4.69) is 42.3 Å². The van der Waals surface area contributed by atoms with Crippen molar-refractivity contribution in [3.63, 3.8) is 0 Å². The smallest absolute Gasteiger partial charge is 0.349 e. The summed E-state index contributed by atoms with van der Waals surface area (Å²) < 4.78 is 67.7. The molecule has 2 aromatic rings. The third-order valence-electron chi connectivity index (χ3n) is 7.92. The van der Waals surface area contributed by atoms with Crippen molar-refractivity contribution < 1.29 is 26.4 Å². The van der Waals surface area contributed by atoms with E-state index in [4.69, 9.17) is 0 Å². The van der Waals surface area contributed by atoms with Crippen molar-refractivity contribution in [2.75, 3.05) is 19.6 Å². The number of carbonyl (C=O) groups is 1. The van der Waals surface area contributed by atoms with Crippen molar-refractivity contribution in [1.29, 1.82) is 0 Å². The van der Waals surface area contributed by atoms with Gasteiger partial charge in [-0.25, -0.2) is 8.42 Å². The highest BCUT2D eigenvalue weighted by atomic mass is 32.2. The molecular weight excluding hydrogens is 527 g/mol. The average molecular weight is 566 g/mol. The predicted octanol–water partition coefficient (Wildman–Crippen LogP) is 5.67. The first-order valence-electron chi connectivity index (χ1n) is 13.9. The monoisotopic (exact) mass is 565 g/mol. The van der Waals surface area contributed by atoms with Crippen molar-refractivity contribution in [2.24, 2.45) is 0 Å². The Morgan fingerprint density at radius 3 is 2.54 bits per heavy atom. The van der Waals surface area contributed by atoms with E-state index in [1.807, 2.05) is 0 Å². The van der Waals surface area contributed by atoms with Gasteiger partial charge in [-0.2, -0.15) is 17.5 Å². The molecule has 2 atom stereocenters. The molecule has 10 heteroatoms. The molecule has 39 heavy (non-hydrogen) atoms. The van der Waals surface area contributed by atoms with E-state index in [-0.39, 0.29) is 24.9 Å². The number of alkyl halides is 3. The van der Waals surface area contributed by atoms with Crippen LogP contribution in [0.25, 0.3) is 0 Å². The standard InChI is InChI=1S/C29H38F3N3O3S/c1-3-34(4-2)20-21-14-15-26-22(17-21)9-7-13-27(26)33-28(36)19-24-11-5-6-16-35(24)39(37,38)25-12-8-10-23(18-25)29(30,31)32/h8,10,12,14-15,17-18,24,27H,3-7,9,11,13,16,19-20H2,1-2H3,(H,33,36). The summed E-state index contributed by atoms with van der Waals surface area (Å²) in [5.41, 5.74) is 2.59.